The Morgan fingerprint density at radius 2 is 2.08 bits per heavy atom. The first-order chi connectivity index (χ1) is 6.02. The number of aryl methyl sites for hydroxylation is 1. The van der Waals surface area contributed by atoms with E-state index in [9.17, 15) is 14.4 Å². The highest BCUT2D eigenvalue weighted by atomic mass is 16.2. The molecule has 68 valence electrons. The number of nitrogens with zero attached hydrogens (tertiary/aromatic N) is 1. The highest BCUT2D eigenvalue weighted by molar-refractivity contribution is 6.41. The van der Waals surface area contributed by atoms with E-state index in [0.29, 0.717) is 0 Å². The molecule has 0 atom stereocenters. The lowest BCUT2D eigenvalue weighted by atomic mass is 10.2. The van der Waals surface area contributed by atoms with Crippen molar-refractivity contribution in [1.29, 1.82) is 0 Å². The first kappa shape index (κ1) is 9.18. The van der Waals surface area contributed by atoms with Gasteiger partial charge in [-0.15, -0.1) is 0 Å². The molecule has 0 bridgehead atoms. The lowest BCUT2D eigenvalue weighted by Gasteiger charge is -2.03. The van der Waals surface area contributed by atoms with E-state index >= 15 is 0 Å². The van der Waals surface area contributed by atoms with Gasteiger partial charge in [0, 0.05) is 25.4 Å². The maximum atomic E-state index is 11.1. The maximum Gasteiger partial charge on any atom is 0.291 e. The molecule has 2 N–H and O–H groups in total. The zero-order valence-corrected chi connectivity index (χ0v) is 6.98. The molecule has 0 spiro atoms. The second-order valence-electron chi connectivity index (χ2n) is 2.55. The molecule has 1 amide bonds. The van der Waals surface area contributed by atoms with E-state index in [4.69, 9.17) is 5.73 Å². The Kier molecular flexibility index (Phi) is 2.27. The largest absolute Gasteiger partial charge is 0.363 e. The Morgan fingerprint density at radius 1 is 1.46 bits per heavy atom. The molecule has 1 aromatic heterocycles. The fourth-order valence-electron chi connectivity index (χ4n) is 0.902. The lowest BCUT2D eigenvalue weighted by molar-refractivity contribution is -0.114. The summed E-state index contributed by atoms with van der Waals surface area (Å²) in [4.78, 5) is 32.5. The summed E-state index contributed by atoms with van der Waals surface area (Å²) in [6.45, 7) is 0. The van der Waals surface area contributed by atoms with E-state index < -0.39 is 11.7 Å². The third-order valence-corrected chi connectivity index (χ3v) is 1.58. The smallest absolute Gasteiger partial charge is 0.291 e. The molecule has 0 aliphatic heterocycles. The van der Waals surface area contributed by atoms with Crippen molar-refractivity contribution in [2.24, 2.45) is 12.8 Å². The van der Waals surface area contributed by atoms with Gasteiger partial charge >= 0.3 is 0 Å². The number of hydrogen-bond acceptors (Lipinski definition) is 3. The van der Waals surface area contributed by atoms with Gasteiger partial charge in [0.05, 0.1) is 5.69 Å². The van der Waals surface area contributed by atoms with Crippen LogP contribution >= 0.6 is 0 Å². The highest BCUT2D eigenvalue weighted by Gasteiger charge is 2.14. The van der Waals surface area contributed by atoms with Crippen LogP contribution in [0.25, 0.3) is 0 Å². The average molecular weight is 180 g/mol. The number of amides is 1. The summed E-state index contributed by atoms with van der Waals surface area (Å²) in [5.41, 5.74) is 4.45. The van der Waals surface area contributed by atoms with Gasteiger partial charge in [0.2, 0.25) is 0 Å². The van der Waals surface area contributed by atoms with Crippen LogP contribution in [-0.4, -0.2) is 16.3 Å². The summed E-state index contributed by atoms with van der Waals surface area (Å²) >= 11 is 0. The summed E-state index contributed by atoms with van der Waals surface area (Å²) in [5, 5.41) is 0. The normalized spacial score (nSPS) is 9.62. The quantitative estimate of drug-likeness (QED) is 0.470. The van der Waals surface area contributed by atoms with Gasteiger partial charge in [0.25, 0.3) is 11.7 Å². The average Bonchev–Trinajstić information content (AvgIpc) is 2.08. The number of carbonyl (C=O) groups excluding carboxylic acids is 2. The Balaban J connectivity index is 3.29. The van der Waals surface area contributed by atoms with E-state index in [1.807, 2.05) is 0 Å². The van der Waals surface area contributed by atoms with Gasteiger partial charge < -0.3 is 10.3 Å². The standard InChI is InChI=1S/C8H8N2O3/c1-10-3-2-5(11)4-6(10)7(12)8(9)13/h2-4H,1H3,(H2,9,13). The molecule has 0 aliphatic carbocycles. The minimum atomic E-state index is -1.07. The first-order valence-corrected chi connectivity index (χ1v) is 3.53. The van der Waals surface area contributed by atoms with Crippen LogP contribution in [0.15, 0.2) is 23.1 Å². The predicted molar refractivity (Wildman–Crippen MR) is 45.2 cm³/mol. The van der Waals surface area contributed by atoms with Crippen molar-refractivity contribution in [3.8, 4) is 0 Å². The van der Waals surface area contributed by atoms with Crippen molar-refractivity contribution >= 4 is 11.7 Å². The second-order valence-corrected chi connectivity index (χ2v) is 2.55. The van der Waals surface area contributed by atoms with E-state index in [1.54, 1.807) is 7.05 Å². The monoisotopic (exact) mass is 180 g/mol. The highest BCUT2D eigenvalue weighted by Crippen LogP contribution is 1.94. The molecule has 0 aromatic carbocycles. The predicted octanol–water partition coefficient (Wildman–Crippen LogP) is -0.947. The van der Waals surface area contributed by atoms with Crippen molar-refractivity contribution in [3.05, 3.63) is 34.2 Å². The number of primary amides is 1. The fraction of sp³-hybridized carbons (Fsp3) is 0.125. The molecular formula is C8H8N2O3. The van der Waals surface area contributed by atoms with E-state index in [-0.39, 0.29) is 11.1 Å². The molecule has 1 aromatic rings. The zero-order valence-electron chi connectivity index (χ0n) is 6.98. The van der Waals surface area contributed by atoms with Gasteiger partial charge in [-0.1, -0.05) is 0 Å². The van der Waals surface area contributed by atoms with Crippen LogP contribution in [-0.2, 0) is 11.8 Å². The minimum Gasteiger partial charge on any atom is -0.363 e. The molecule has 0 fully saturated rings. The number of pyridine rings is 1. The number of Topliss-reactive ketones (excluding diaryl/α,β-unsaturated/α-hetero) is 1. The van der Waals surface area contributed by atoms with Gasteiger partial charge in [0.1, 0.15) is 0 Å². The summed E-state index contributed by atoms with van der Waals surface area (Å²) in [7, 11) is 1.55. The van der Waals surface area contributed by atoms with Crippen molar-refractivity contribution in [3.63, 3.8) is 0 Å². The number of carbonyl (C=O) groups is 2. The molecule has 5 nitrogen and oxygen atoms in total. The van der Waals surface area contributed by atoms with Crippen LogP contribution < -0.4 is 11.2 Å². The summed E-state index contributed by atoms with van der Waals surface area (Å²) < 4.78 is 1.37. The molecule has 0 saturated heterocycles. The van der Waals surface area contributed by atoms with Gasteiger partial charge in [-0.3, -0.25) is 14.4 Å². The van der Waals surface area contributed by atoms with Gasteiger partial charge in [-0.25, -0.2) is 0 Å². The van der Waals surface area contributed by atoms with Crippen molar-refractivity contribution in [2.45, 2.75) is 0 Å². The molecule has 13 heavy (non-hydrogen) atoms. The second kappa shape index (κ2) is 3.22. The van der Waals surface area contributed by atoms with Gasteiger partial charge in [0.15, 0.2) is 5.43 Å². The molecule has 5 heteroatoms. The maximum absolute atomic E-state index is 11.1. The summed E-state index contributed by atoms with van der Waals surface area (Å²) in [6.07, 6.45) is 1.40. The Labute approximate surface area is 73.8 Å². The lowest BCUT2D eigenvalue weighted by Crippen LogP contribution is -2.27. The van der Waals surface area contributed by atoms with Crippen LogP contribution in [0.4, 0.5) is 0 Å². The van der Waals surface area contributed by atoms with E-state index in [1.165, 1.54) is 16.8 Å². The van der Waals surface area contributed by atoms with Crippen molar-refractivity contribution in [2.75, 3.05) is 0 Å². The fourth-order valence-corrected chi connectivity index (χ4v) is 0.902. The first-order valence-electron chi connectivity index (χ1n) is 3.53. The zero-order chi connectivity index (χ0) is 10.0. The minimum absolute atomic E-state index is 0.000000000000000444. The molecule has 0 saturated carbocycles. The number of rotatable bonds is 2. The third kappa shape index (κ3) is 1.81. The SMILES string of the molecule is Cn1ccc(=O)cc1C(=O)C(N)=O. The van der Waals surface area contributed by atoms with Crippen molar-refractivity contribution < 1.29 is 9.59 Å². The van der Waals surface area contributed by atoms with Crippen LogP contribution in [0.1, 0.15) is 10.5 Å². The van der Waals surface area contributed by atoms with E-state index in [0.717, 1.165) is 6.07 Å². The van der Waals surface area contributed by atoms with Crippen LogP contribution in [0.5, 0.6) is 0 Å². The van der Waals surface area contributed by atoms with E-state index in [2.05, 4.69) is 0 Å². The summed E-state index contributed by atoms with van der Waals surface area (Å²) in [5.74, 6) is -1.93. The molecule has 0 aliphatic rings. The van der Waals surface area contributed by atoms with Crippen LogP contribution in [0.2, 0.25) is 0 Å². The molecule has 0 unspecified atom stereocenters. The Hall–Kier alpha value is -1.91. The number of nitrogens with two attached hydrogens (primary N) is 1. The third-order valence-electron chi connectivity index (χ3n) is 1.58. The Bertz CT molecular complexity index is 420. The van der Waals surface area contributed by atoms with Crippen molar-refractivity contribution in [1.82, 2.24) is 4.57 Å². The number of aromatic nitrogens is 1. The molecule has 1 heterocycles. The van der Waals surface area contributed by atoms with Gasteiger partial charge in [-0.2, -0.15) is 0 Å². The van der Waals surface area contributed by atoms with Crippen LogP contribution in [0.3, 0.4) is 0 Å². The van der Waals surface area contributed by atoms with Crippen LogP contribution in [0, 0.1) is 0 Å². The molecule has 0 radical (unpaired) electrons. The Morgan fingerprint density at radius 3 is 2.62 bits per heavy atom. The molecule has 1 rings (SSSR count). The number of hydrogen-bond donors (Lipinski definition) is 1. The number of ketones is 1. The van der Waals surface area contributed by atoms with Gasteiger partial charge in [-0.05, 0) is 0 Å². The summed E-state index contributed by atoms with van der Waals surface area (Å²) in [6, 6.07) is 2.37. The molecular weight excluding hydrogens is 172 g/mol. The topological polar surface area (TPSA) is 82.2 Å².